The van der Waals surface area contributed by atoms with E-state index in [1.807, 2.05) is 25.1 Å². The van der Waals surface area contributed by atoms with Crippen LogP contribution in [0.25, 0.3) is 0 Å². The van der Waals surface area contributed by atoms with E-state index in [2.05, 4.69) is 28.2 Å². The van der Waals surface area contributed by atoms with Gasteiger partial charge in [-0.1, -0.05) is 35.7 Å². The van der Waals surface area contributed by atoms with Gasteiger partial charge in [-0.3, -0.25) is 9.59 Å². The van der Waals surface area contributed by atoms with E-state index in [1.165, 1.54) is 0 Å². The highest BCUT2D eigenvalue weighted by Crippen LogP contribution is 2.20. The largest absolute Gasteiger partial charge is 0.342 e. The third-order valence-corrected chi connectivity index (χ3v) is 4.42. The lowest BCUT2D eigenvalue weighted by molar-refractivity contribution is -0.129. The molecule has 0 aromatic heterocycles. The molecule has 0 saturated carbocycles. The summed E-state index contributed by atoms with van der Waals surface area (Å²) in [5.41, 5.74) is 1.86. The van der Waals surface area contributed by atoms with Gasteiger partial charge in [-0.25, -0.2) is 0 Å². The number of aryl methyl sites for hydroxylation is 1. The van der Waals surface area contributed by atoms with E-state index >= 15 is 0 Å². The van der Waals surface area contributed by atoms with Crippen LogP contribution in [0.15, 0.2) is 22.7 Å². The molecule has 0 aliphatic carbocycles. The zero-order chi connectivity index (χ0) is 16.5. The molecule has 0 saturated heterocycles. The maximum atomic E-state index is 12.0. The van der Waals surface area contributed by atoms with Crippen LogP contribution in [-0.2, 0) is 9.59 Å². The molecule has 122 valence electrons. The number of unbranched alkanes of at least 4 members (excludes halogenated alkanes) is 2. The maximum absolute atomic E-state index is 12.0. The molecular formula is C17H25BrN2O2. The molecule has 1 N–H and O–H groups in total. The number of carbonyl (C=O) groups excluding carboxylic acids is 2. The Morgan fingerprint density at radius 2 is 1.95 bits per heavy atom. The normalized spacial score (nSPS) is 10.4. The van der Waals surface area contributed by atoms with Crippen molar-refractivity contribution in [1.29, 1.82) is 0 Å². The Morgan fingerprint density at radius 1 is 1.23 bits per heavy atom. The number of hydrogen-bond donors (Lipinski definition) is 1. The first-order chi connectivity index (χ1) is 10.4. The van der Waals surface area contributed by atoms with Gasteiger partial charge in [0.2, 0.25) is 11.8 Å². The molecule has 1 aromatic carbocycles. The number of amides is 2. The molecule has 0 fully saturated rings. The van der Waals surface area contributed by atoms with Crippen molar-refractivity contribution in [2.45, 2.75) is 46.5 Å². The summed E-state index contributed by atoms with van der Waals surface area (Å²) in [7, 11) is 0. The van der Waals surface area contributed by atoms with Crippen molar-refractivity contribution in [2.24, 2.45) is 0 Å². The van der Waals surface area contributed by atoms with Gasteiger partial charge in [0.25, 0.3) is 0 Å². The van der Waals surface area contributed by atoms with Crippen LogP contribution in [-0.4, -0.2) is 29.8 Å². The summed E-state index contributed by atoms with van der Waals surface area (Å²) in [5, 5.41) is 2.87. The minimum absolute atomic E-state index is 0.0309. The molecule has 0 atom stereocenters. The van der Waals surface area contributed by atoms with Crippen molar-refractivity contribution in [3.63, 3.8) is 0 Å². The molecule has 0 aliphatic heterocycles. The lowest BCUT2D eigenvalue weighted by atomic mass is 10.2. The fourth-order valence-corrected chi connectivity index (χ4v) is 2.41. The first-order valence-corrected chi connectivity index (χ1v) is 8.54. The lowest BCUT2D eigenvalue weighted by Gasteiger charge is -2.20. The van der Waals surface area contributed by atoms with Gasteiger partial charge >= 0.3 is 0 Å². The van der Waals surface area contributed by atoms with Crippen LogP contribution in [0.5, 0.6) is 0 Å². The van der Waals surface area contributed by atoms with E-state index in [1.54, 1.807) is 11.8 Å². The Bertz CT molecular complexity index is 517. The van der Waals surface area contributed by atoms with Crippen LogP contribution >= 0.6 is 15.9 Å². The highest BCUT2D eigenvalue weighted by Gasteiger charge is 2.11. The number of nitrogens with zero attached hydrogens (tertiary/aromatic N) is 1. The molecule has 1 aromatic rings. The predicted octanol–water partition coefficient (Wildman–Crippen LogP) is 4.12. The first-order valence-electron chi connectivity index (χ1n) is 7.75. The molecule has 22 heavy (non-hydrogen) atoms. The van der Waals surface area contributed by atoms with Gasteiger partial charge in [-0.05, 0) is 37.1 Å². The van der Waals surface area contributed by atoms with Crippen molar-refractivity contribution in [3.8, 4) is 0 Å². The van der Waals surface area contributed by atoms with Gasteiger partial charge in [0.15, 0.2) is 0 Å². The topological polar surface area (TPSA) is 49.4 Å². The van der Waals surface area contributed by atoms with Crippen LogP contribution in [0.1, 0.15) is 45.1 Å². The Morgan fingerprint density at radius 3 is 2.55 bits per heavy atom. The minimum atomic E-state index is -0.0662. The van der Waals surface area contributed by atoms with Crippen LogP contribution < -0.4 is 5.32 Å². The number of hydrogen-bond acceptors (Lipinski definition) is 2. The zero-order valence-corrected chi connectivity index (χ0v) is 15.2. The molecule has 0 aliphatic rings. The fourth-order valence-electron chi connectivity index (χ4n) is 2.16. The van der Waals surface area contributed by atoms with Gasteiger partial charge < -0.3 is 10.2 Å². The second-order valence-electron chi connectivity index (χ2n) is 5.48. The van der Waals surface area contributed by atoms with Crippen LogP contribution in [0.2, 0.25) is 0 Å². The number of carbonyl (C=O) groups is 2. The Kier molecular flexibility index (Phi) is 8.17. The molecule has 4 nitrogen and oxygen atoms in total. The quantitative estimate of drug-likeness (QED) is 0.701. The SMILES string of the molecule is CCCCCN(CCC(=O)Nc1ccc(Br)c(C)c1)C(C)=O. The minimum Gasteiger partial charge on any atom is -0.342 e. The number of nitrogens with one attached hydrogen (secondary N) is 1. The number of anilines is 1. The van der Waals surface area contributed by atoms with Crippen molar-refractivity contribution < 1.29 is 9.59 Å². The van der Waals surface area contributed by atoms with E-state index in [0.29, 0.717) is 13.0 Å². The molecule has 0 spiro atoms. The number of halogens is 1. The Labute approximate surface area is 141 Å². The highest BCUT2D eigenvalue weighted by molar-refractivity contribution is 9.10. The second kappa shape index (κ2) is 9.62. The van der Waals surface area contributed by atoms with Gasteiger partial charge in [0, 0.05) is 36.6 Å². The zero-order valence-electron chi connectivity index (χ0n) is 13.6. The molecule has 0 radical (unpaired) electrons. The van der Waals surface area contributed by atoms with Crippen molar-refractivity contribution in [1.82, 2.24) is 4.90 Å². The molecule has 0 bridgehead atoms. The van der Waals surface area contributed by atoms with E-state index < -0.39 is 0 Å². The van der Waals surface area contributed by atoms with E-state index in [4.69, 9.17) is 0 Å². The highest BCUT2D eigenvalue weighted by atomic mass is 79.9. The van der Waals surface area contributed by atoms with Crippen molar-refractivity contribution in [2.75, 3.05) is 18.4 Å². The third-order valence-electron chi connectivity index (χ3n) is 3.53. The van der Waals surface area contributed by atoms with E-state index in [0.717, 1.165) is 41.5 Å². The Hall–Kier alpha value is -1.36. The van der Waals surface area contributed by atoms with E-state index in [-0.39, 0.29) is 11.8 Å². The lowest BCUT2D eigenvalue weighted by Crippen LogP contribution is -2.32. The number of rotatable bonds is 8. The maximum Gasteiger partial charge on any atom is 0.226 e. The van der Waals surface area contributed by atoms with Gasteiger partial charge in [0.05, 0.1) is 0 Å². The summed E-state index contributed by atoms with van der Waals surface area (Å²) in [5.74, 6) is -0.0353. The summed E-state index contributed by atoms with van der Waals surface area (Å²) < 4.78 is 1.02. The second-order valence-corrected chi connectivity index (χ2v) is 6.33. The molecule has 5 heteroatoms. The fraction of sp³-hybridized carbons (Fsp3) is 0.529. The monoisotopic (exact) mass is 368 g/mol. The summed E-state index contributed by atoms with van der Waals surface area (Å²) in [6.07, 6.45) is 3.54. The molecule has 2 amide bonds. The third kappa shape index (κ3) is 6.60. The average molecular weight is 369 g/mol. The van der Waals surface area contributed by atoms with E-state index in [9.17, 15) is 9.59 Å². The first kappa shape index (κ1) is 18.7. The molecular weight excluding hydrogens is 344 g/mol. The Balaban J connectivity index is 2.45. The summed E-state index contributed by atoms with van der Waals surface area (Å²) in [6.45, 7) is 6.87. The molecule has 0 heterocycles. The smallest absolute Gasteiger partial charge is 0.226 e. The number of benzene rings is 1. The van der Waals surface area contributed by atoms with Gasteiger partial charge in [-0.2, -0.15) is 0 Å². The van der Waals surface area contributed by atoms with Gasteiger partial charge in [0.1, 0.15) is 0 Å². The summed E-state index contributed by atoms with van der Waals surface area (Å²) >= 11 is 3.43. The molecule has 1 rings (SSSR count). The molecule has 0 unspecified atom stereocenters. The van der Waals surface area contributed by atoms with Crippen molar-refractivity contribution in [3.05, 3.63) is 28.2 Å². The standard InChI is InChI=1S/C17H25BrN2O2/c1-4-5-6-10-20(14(3)21)11-9-17(22)19-15-7-8-16(18)13(2)12-15/h7-8,12H,4-6,9-11H2,1-3H3,(H,19,22). The average Bonchev–Trinajstić information content (AvgIpc) is 2.46. The summed E-state index contributed by atoms with van der Waals surface area (Å²) in [4.78, 5) is 25.3. The van der Waals surface area contributed by atoms with Crippen molar-refractivity contribution >= 4 is 33.4 Å². The van der Waals surface area contributed by atoms with Crippen LogP contribution in [0.4, 0.5) is 5.69 Å². The van der Waals surface area contributed by atoms with Crippen LogP contribution in [0.3, 0.4) is 0 Å². The summed E-state index contributed by atoms with van der Waals surface area (Å²) in [6, 6.07) is 5.70. The predicted molar refractivity (Wildman–Crippen MR) is 93.9 cm³/mol. The van der Waals surface area contributed by atoms with Gasteiger partial charge in [-0.15, -0.1) is 0 Å². The van der Waals surface area contributed by atoms with Crippen LogP contribution in [0, 0.1) is 6.92 Å².